The highest BCUT2D eigenvalue weighted by Gasteiger charge is 2.23. The Balaban J connectivity index is 3.27. The fourth-order valence-electron chi connectivity index (χ4n) is 1.26. The van der Waals surface area contributed by atoms with Crippen molar-refractivity contribution in [2.75, 3.05) is 7.11 Å². The predicted octanol–water partition coefficient (Wildman–Crippen LogP) is 2.93. The third-order valence-corrected chi connectivity index (χ3v) is 2.65. The maximum absolute atomic E-state index is 10.9. The molecule has 76 valence electrons. The van der Waals surface area contributed by atoms with Gasteiger partial charge < -0.3 is 9.53 Å². The Morgan fingerprint density at radius 1 is 1.43 bits per heavy atom. The summed E-state index contributed by atoms with van der Waals surface area (Å²) in [6.07, 6.45) is 0.929. The summed E-state index contributed by atoms with van der Waals surface area (Å²) in [4.78, 5) is 10.9. The van der Waals surface area contributed by atoms with E-state index < -0.39 is 5.41 Å². The van der Waals surface area contributed by atoms with Crippen LogP contribution in [0.15, 0.2) is 22.7 Å². The number of aldehydes is 1. The fraction of sp³-hybridized carbons (Fsp3) is 0.364. The van der Waals surface area contributed by atoms with Crippen molar-refractivity contribution in [1.82, 2.24) is 0 Å². The number of rotatable bonds is 3. The Bertz CT molecular complexity index is 345. The minimum Gasteiger partial charge on any atom is -0.496 e. The minimum absolute atomic E-state index is 0.508. The van der Waals surface area contributed by atoms with Gasteiger partial charge in [-0.05, 0) is 26.0 Å². The molecule has 0 heterocycles. The summed E-state index contributed by atoms with van der Waals surface area (Å²) < 4.78 is 6.17. The lowest BCUT2D eigenvalue weighted by Crippen LogP contribution is -2.19. The van der Waals surface area contributed by atoms with Gasteiger partial charge in [-0.15, -0.1) is 0 Å². The fourth-order valence-corrected chi connectivity index (χ4v) is 1.60. The van der Waals surface area contributed by atoms with Crippen LogP contribution in [-0.2, 0) is 10.2 Å². The summed E-state index contributed by atoms with van der Waals surface area (Å²) in [7, 11) is 1.60. The van der Waals surface area contributed by atoms with Crippen LogP contribution in [0.3, 0.4) is 0 Å². The van der Waals surface area contributed by atoms with Crippen molar-refractivity contribution >= 4 is 22.2 Å². The van der Waals surface area contributed by atoms with Gasteiger partial charge in [0.1, 0.15) is 12.0 Å². The molecule has 0 aliphatic carbocycles. The zero-order chi connectivity index (χ0) is 10.8. The van der Waals surface area contributed by atoms with E-state index in [1.807, 2.05) is 32.0 Å². The van der Waals surface area contributed by atoms with E-state index in [0.717, 1.165) is 22.1 Å². The average Bonchev–Trinajstić information content (AvgIpc) is 2.17. The standard InChI is InChI=1S/C11H13BrO2/c1-11(2,7-13)9-5-4-8(12)6-10(9)14-3/h4-7H,1-3H3. The molecule has 0 unspecified atom stereocenters. The number of carbonyl (C=O) groups is 1. The van der Waals surface area contributed by atoms with Crippen molar-refractivity contribution in [3.8, 4) is 5.75 Å². The molecular weight excluding hydrogens is 244 g/mol. The highest BCUT2D eigenvalue weighted by atomic mass is 79.9. The summed E-state index contributed by atoms with van der Waals surface area (Å²) in [6.45, 7) is 3.73. The first kappa shape index (κ1) is 11.2. The topological polar surface area (TPSA) is 26.3 Å². The number of benzene rings is 1. The molecule has 1 aromatic carbocycles. The Hall–Kier alpha value is -0.830. The number of methoxy groups -OCH3 is 1. The second-order valence-corrected chi connectivity index (χ2v) is 4.60. The first-order valence-corrected chi connectivity index (χ1v) is 5.11. The Morgan fingerprint density at radius 2 is 2.07 bits per heavy atom. The molecule has 0 amide bonds. The van der Waals surface area contributed by atoms with Crippen LogP contribution < -0.4 is 4.74 Å². The smallest absolute Gasteiger partial charge is 0.130 e. The molecule has 0 saturated carbocycles. The van der Waals surface area contributed by atoms with Crippen LogP contribution in [0.5, 0.6) is 5.75 Å². The minimum atomic E-state index is -0.508. The van der Waals surface area contributed by atoms with E-state index >= 15 is 0 Å². The number of hydrogen-bond donors (Lipinski definition) is 0. The first-order valence-electron chi connectivity index (χ1n) is 4.31. The van der Waals surface area contributed by atoms with Crippen LogP contribution in [0.25, 0.3) is 0 Å². The van der Waals surface area contributed by atoms with Crippen molar-refractivity contribution in [1.29, 1.82) is 0 Å². The van der Waals surface area contributed by atoms with Crippen LogP contribution in [0.2, 0.25) is 0 Å². The lowest BCUT2D eigenvalue weighted by molar-refractivity contribution is -0.111. The van der Waals surface area contributed by atoms with Gasteiger partial charge in [-0.2, -0.15) is 0 Å². The molecule has 0 saturated heterocycles. The molecule has 1 aromatic rings. The normalized spacial score (nSPS) is 11.1. The van der Waals surface area contributed by atoms with Crippen LogP contribution in [-0.4, -0.2) is 13.4 Å². The van der Waals surface area contributed by atoms with E-state index in [2.05, 4.69) is 15.9 Å². The zero-order valence-corrected chi connectivity index (χ0v) is 10.1. The Labute approximate surface area is 92.4 Å². The second kappa shape index (κ2) is 4.13. The van der Waals surface area contributed by atoms with Gasteiger partial charge in [0, 0.05) is 15.5 Å². The number of carbonyl (C=O) groups excluding carboxylic acids is 1. The molecule has 3 heteroatoms. The van der Waals surface area contributed by atoms with Crippen molar-refractivity contribution in [2.24, 2.45) is 0 Å². The highest BCUT2D eigenvalue weighted by molar-refractivity contribution is 9.10. The number of halogens is 1. The molecule has 0 spiro atoms. The molecule has 0 aromatic heterocycles. The predicted molar refractivity (Wildman–Crippen MR) is 59.8 cm³/mol. The molecule has 0 fully saturated rings. The van der Waals surface area contributed by atoms with Gasteiger partial charge in [0.2, 0.25) is 0 Å². The lowest BCUT2D eigenvalue weighted by Gasteiger charge is -2.20. The largest absolute Gasteiger partial charge is 0.496 e. The van der Waals surface area contributed by atoms with Crippen molar-refractivity contribution < 1.29 is 9.53 Å². The monoisotopic (exact) mass is 256 g/mol. The maximum Gasteiger partial charge on any atom is 0.130 e. The van der Waals surface area contributed by atoms with Gasteiger partial charge in [-0.25, -0.2) is 0 Å². The van der Waals surface area contributed by atoms with Gasteiger partial charge >= 0.3 is 0 Å². The van der Waals surface area contributed by atoms with Crippen LogP contribution in [0.4, 0.5) is 0 Å². The van der Waals surface area contributed by atoms with Gasteiger partial charge in [0.25, 0.3) is 0 Å². The second-order valence-electron chi connectivity index (χ2n) is 3.68. The summed E-state index contributed by atoms with van der Waals surface area (Å²) in [6, 6.07) is 5.67. The molecule has 14 heavy (non-hydrogen) atoms. The van der Waals surface area contributed by atoms with Crippen molar-refractivity contribution in [2.45, 2.75) is 19.3 Å². The molecular formula is C11H13BrO2. The van der Waals surface area contributed by atoms with Gasteiger partial charge in [0.15, 0.2) is 0 Å². The Kier molecular flexibility index (Phi) is 3.32. The molecule has 1 rings (SSSR count). The maximum atomic E-state index is 10.9. The number of hydrogen-bond acceptors (Lipinski definition) is 2. The zero-order valence-electron chi connectivity index (χ0n) is 8.50. The Morgan fingerprint density at radius 3 is 2.57 bits per heavy atom. The summed E-state index contributed by atoms with van der Waals surface area (Å²) in [5.74, 6) is 0.733. The third-order valence-electron chi connectivity index (χ3n) is 2.15. The summed E-state index contributed by atoms with van der Waals surface area (Å²) >= 11 is 3.36. The van der Waals surface area contributed by atoms with E-state index in [4.69, 9.17) is 4.74 Å². The summed E-state index contributed by atoms with van der Waals surface area (Å²) in [5, 5.41) is 0. The highest BCUT2D eigenvalue weighted by Crippen LogP contribution is 2.32. The average molecular weight is 257 g/mol. The molecule has 2 nitrogen and oxygen atoms in total. The molecule has 0 aliphatic heterocycles. The first-order chi connectivity index (χ1) is 6.51. The number of ether oxygens (including phenoxy) is 1. The molecule has 0 N–H and O–H groups in total. The summed E-state index contributed by atoms with van der Waals surface area (Å²) in [5.41, 5.74) is 0.393. The van der Waals surface area contributed by atoms with E-state index in [-0.39, 0.29) is 0 Å². The van der Waals surface area contributed by atoms with E-state index in [1.54, 1.807) is 7.11 Å². The van der Waals surface area contributed by atoms with Gasteiger partial charge in [-0.3, -0.25) is 0 Å². The van der Waals surface area contributed by atoms with Crippen LogP contribution in [0.1, 0.15) is 19.4 Å². The van der Waals surface area contributed by atoms with E-state index in [9.17, 15) is 4.79 Å². The van der Waals surface area contributed by atoms with Gasteiger partial charge in [-0.1, -0.05) is 22.0 Å². The van der Waals surface area contributed by atoms with Crippen LogP contribution >= 0.6 is 15.9 Å². The lowest BCUT2D eigenvalue weighted by atomic mass is 9.86. The quantitative estimate of drug-likeness (QED) is 0.778. The van der Waals surface area contributed by atoms with Crippen LogP contribution in [0, 0.1) is 0 Å². The van der Waals surface area contributed by atoms with Crippen molar-refractivity contribution in [3.05, 3.63) is 28.2 Å². The van der Waals surface area contributed by atoms with Crippen molar-refractivity contribution in [3.63, 3.8) is 0 Å². The third kappa shape index (κ3) is 2.15. The van der Waals surface area contributed by atoms with E-state index in [0.29, 0.717) is 0 Å². The SMILES string of the molecule is COc1cc(Br)ccc1C(C)(C)C=O. The molecule has 0 radical (unpaired) electrons. The molecule has 0 bridgehead atoms. The van der Waals surface area contributed by atoms with E-state index in [1.165, 1.54) is 0 Å². The molecule has 0 aliphatic rings. The van der Waals surface area contributed by atoms with Gasteiger partial charge in [0.05, 0.1) is 7.11 Å². The molecule has 0 atom stereocenters.